The van der Waals surface area contributed by atoms with Gasteiger partial charge >= 0.3 is 5.97 Å². The number of aliphatic hydroxyl groups is 2. The number of rotatable bonds is 10. The van der Waals surface area contributed by atoms with Crippen molar-refractivity contribution in [1.82, 2.24) is 0 Å². The van der Waals surface area contributed by atoms with Gasteiger partial charge in [-0.3, -0.25) is 9.59 Å². The van der Waals surface area contributed by atoms with Crippen LogP contribution in [0.25, 0.3) is 0 Å². The molecule has 0 aromatic heterocycles. The molecule has 3 N–H and O–H groups in total. The Balaban J connectivity index is 2.53. The van der Waals surface area contributed by atoms with Gasteiger partial charge in [-0.05, 0) is 31.6 Å². The first-order valence-corrected chi connectivity index (χ1v) is 8.39. The summed E-state index contributed by atoms with van der Waals surface area (Å²) in [6, 6.07) is 0. The van der Waals surface area contributed by atoms with Gasteiger partial charge in [0.25, 0.3) is 0 Å². The van der Waals surface area contributed by atoms with Crippen molar-refractivity contribution >= 4 is 11.8 Å². The van der Waals surface area contributed by atoms with E-state index in [1.807, 2.05) is 19.1 Å². The number of aliphatic hydroxyl groups excluding tert-OH is 2. The maximum absolute atomic E-state index is 12.0. The topological polar surface area (TPSA) is 94.8 Å². The number of unbranched alkanes of at least 4 members (excludes halogenated alkanes) is 1. The molecule has 5 nitrogen and oxygen atoms in total. The molecular formula is C18H28O5. The predicted molar refractivity (Wildman–Crippen MR) is 87.9 cm³/mol. The second-order valence-electron chi connectivity index (χ2n) is 6.13. The highest BCUT2D eigenvalue weighted by molar-refractivity contribution is 5.85. The number of carboxylic acid groups (broad SMARTS) is 1. The molecule has 0 bridgehead atoms. The van der Waals surface area contributed by atoms with Gasteiger partial charge in [-0.2, -0.15) is 0 Å². The van der Waals surface area contributed by atoms with Gasteiger partial charge in [-0.15, -0.1) is 0 Å². The van der Waals surface area contributed by atoms with E-state index in [4.69, 9.17) is 5.11 Å². The summed E-state index contributed by atoms with van der Waals surface area (Å²) in [7, 11) is 0. The van der Waals surface area contributed by atoms with Crippen LogP contribution in [0.5, 0.6) is 0 Å². The van der Waals surface area contributed by atoms with Gasteiger partial charge in [0.2, 0.25) is 0 Å². The minimum Gasteiger partial charge on any atom is -0.481 e. The number of hydrogen-bond donors (Lipinski definition) is 3. The van der Waals surface area contributed by atoms with Crippen molar-refractivity contribution in [2.75, 3.05) is 0 Å². The van der Waals surface area contributed by atoms with Gasteiger partial charge in [-0.1, -0.05) is 37.6 Å². The Morgan fingerprint density at radius 1 is 1.35 bits per heavy atom. The number of carbonyl (C=O) groups excluding carboxylic acids is 1. The molecule has 0 radical (unpaired) electrons. The molecule has 5 heteroatoms. The fraction of sp³-hybridized carbons (Fsp3) is 0.667. The Morgan fingerprint density at radius 2 is 2.09 bits per heavy atom. The van der Waals surface area contributed by atoms with Gasteiger partial charge in [0, 0.05) is 18.8 Å². The van der Waals surface area contributed by atoms with Crippen molar-refractivity contribution in [1.29, 1.82) is 0 Å². The number of carbonyl (C=O) groups is 2. The van der Waals surface area contributed by atoms with Gasteiger partial charge < -0.3 is 15.3 Å². The van der Waals surface area contributed by atoms with Gasteiger partial charge in [0.15, 0.2) is 0 Å². The number of Topliss-reactive ketones (excluding diaryl/α,β-unsaturated/α-hetero) is 1. The third-order valence-electron chi connectivity index (χ3n) is 4.24. The van der Waals surface area contributed by atoms with E-state index in [1.165, 1.54) is 0 Å². The molecule has 0 unspecified atom stereocenters. The molecule has 0 aromatic rings. The van der Waals surface area contributed by atoms with Gasteiger partial charge in [0.05, 0.1) is 12.2 Å². The highest BCUT2D eigenvalue weighted by Gasteiger charge is 2.39. The molecule has 0 aromatic carbocycles. The monoisotopic (exact) mass is 324 g/mol. The summed E-state index contributed by atoms with van der Waals surface area (Å²) < 4.78 is 0. The van der Waals surface area contributed by atoms with E-state index in [0.717, 1.165) is 6.42 Å². The summed E-state index contributed by atoms with van der Waals surface area (Å²) in [6.07, 6.45) is 9.47. The number of ketones is 1. The third-order valence-corrected chi connectivity index (χ3v) is 4.24. The molecule has 1 fully saturated rings. The summed E-state index contributed by atoms with van der Waals surface area (Å²) in [6.45, 7) is 2.02. The lowest BCUT2D eigenvalue weighted by molar-refractivity contribution is -0.137. The van der Waals surface area contributed by atoms with Crippen molar-refractivity contribution in [2.45, 2.75) is 64.1 Å². The minimum atomic E-state index is -0.826. The molecule has 1 aliphatic carbocycles. The van der Waals surface area contributed by atoms with Gasteiger partial charge in [0.1, 0.15) is 5.78 Å². The SMILES string of the molecule is CC/C=C\C[C@@H](O)/C=C/[C@H]1C(=O)C[C@H](O)[C@H]1CCCCC(=O)O. The zero-order chi connectivity index (χ0) is 17.2. The predicted octanol–water partition coefficient (Wildman–Crippen LogP) is 2.47. The zero-order valence-electron chi connectivity index (χ0n) is 13.7. The lowest BCUT2D eigenvalue weighted by Gasteiger charge is -2.18. The highest BCUT2D eigenvalue weighted by atomic mass is 16.4. The van der Waals surface area contributed by atoms with Crippen molar-refractivity contribution in [2.24, 2.45) is 11.8 Å². The Labute approximate surface area is 137 Å². The second-order valence-corrected chi connectivity index (χ2v) is 6.13. The smallest absolute Gasteiger partial charge is 0.303 e. The Hall–Kier alpha value is -1.46. The number of carboxylic acids is 1. The average Bonchev–Trinajstić information content (AvgIpc) is 2.75. The van der Waals surface area contributed by atoms with Crippen LogP contribution in [-0.2, 0) is 9.59 Å². The van der Waals surface area contributed by atoms with Crippen molar-refractivity contribution in [3.05, 3.63) is 24.3 Å². The molecule has 1 aliphatic rings. The number of aliphatic carboxylic acids is 1. The average molecular weight is 324 g/mol. The van der Waals surface area contributed by atoms with Crippen LogP contribution in [-0.4, -0.2) is 39.3 Å². The van der Waals surface area contributed by atoms with Crippen molar-refractivity contribution < 1.29 is 24.9 Å². The third kappa shape index (κ3) is 7.10. The number of hydrogen-bond acceptors (Lipinski definition) is 4. The molecular weight excluding hydrogens is 296 g/mol. The van der Waals surface area contributed by atoms with E-state index < -0.39 is 18.2 Å². The largest absolute Gasteiger partial charge is 0.481 e. The van der Waals surface area contributed by atoms with Crippen LogP contribution in [0, 0.1) is 11.8 Å². The first-order chi connectivity index (χ1) is 11.0. The number of allylic oxidation sites excluding steroid dienone is 2. The van der Waals surface area contributed by atoms with Crippen LogP contribution in [0.2, 0.25) is 0 Å². The standard InChI is InChI=1S/C18H28O5/c1-2-3-4-7-13(19)10-11-15-14(16(20)12-17(15)21)8-5-6-9-18(22)23/h3-4,10-11,13-16,19-20H,2,5-9,12H2,1H3,(H,22,23)/b4-3-,11-10+/t13-,14+,15-,16+/m1/s1. The first kappa shape index (κ1) is 19.6. The molecule has 0 heterocycles. The maximum atomic E-state index is 12.0. The van der Waals surface area contributed by atoms with Gasteiger partial charge in [-0.25, -0.2) is 0 Å². The van der Waals surface area contributed by atoms with Crippen LogP contribution in [0.1, 0.15) is 51.9 Å². The van der Waals surface area contributed by atoms with Crippen LogP contribution >= 0.6 is 0 Å². The first-order valence-electron chi connectivity index (χ1n) is 8.39. The zero-order valence-corrected chi connectivity index (χ0v) is 13.7. The second kappa shape index (κ2) is 10.3. The molecule has 23 heavy (non-hydrogen) atoms. The van der Waals surface area contributed by atoms with Crippen molar-refractivity contribution in [3.8, 4) is 0 Å². The molecule has 1 saturated carbocycles. The van der Waals surface area contributed by atoms with E-state index in [9.17, 15) is 19.8 Å². The summed E-state index contributed by atoms with van der Waals surface area (Å²) in [5, 5.41) is 28.5. The lowest BCUT2D eigenvalue weighted by atomic mass is 9.88. The summed E-state index contributed by atoms with van der Waals surface area (Å²) in [5.74, 6) is -1.38. The summed E-state index contributed by atoms with van der Waals surface area (Å²) in [5.41, 5.74) is 0. The molecule has 1 rings (SSSR count). The Bertz CT molecular complexity index is 441. The molecule has 0 spiro atoms. The van der Waals surface area contributed by atoms with E-state index in [0.29, 0.717) is 25.7 Å². The molecule has 0 aliphatic heterocycles. The lowest BCUT2D eigenvalue weighted by Crippen LogP contribution is -2.19. The summed E-state index contributed by atoms with van der Waals surface area (Å²) >= 11 is 0. The fourth-order valence-corrected chi connectivity index (χ4v) is 2.98. The summed E-state index contributed by atoms with van der Waals surface area (Å²) in [4.78, 5) is 22.5. The van der Waals surface area contributed by atoms with E-state index in [1.54, 1.807) is 12.2 Å². The van der Waals surface area contributed by atoms with E-state index in [-0.39, 0.29) is 30.5 Å². The van der Waals surface area contributed by atoms with Crippen LogP contribution < -0.4 is 0 Å². The van der Waals surface area contributed by atoms with Crippen LogP contribution in [0.15, 0.2) is 24.3 Å². The Kier molecular flexibility index (Phi) is 8.81. The van der Waals surface area contributed by atoms with Crippen molar-refractivity contribution in [3.63, 3.8) is 0 Å². The minimum absolute atomic E-state index is 0.00622. The molecule has 130 valence electrons. The van der Waals surface area contributed by atoms with Crippen LogP contribution in [0.4, 0.5) is 0 Å². The molecule has 0 saturated heterocycles. The normalized spacial score (nSPS) is 26.4. The quantitative estimate of drug-likeness (QED) is 0.424. The molecule has 4 atom stereocenters. The molecule has 0 amide bonds. The fourth-order valence-electron chi connectivity index (χ4n) is 2.98. The van der Waals surface area contributed by atoms with Crippen LogP contribution in [0.3, 0.4) is 0 Å². The van der Waals surface area contributed by atoms with E-state index >= 15 is 0 Å². The maximum Gasteiger partial charge on any atom is 0.303 e. The Morgan fingerprint density at radius 3 is 2.74 bits per heavy atom. The van der Waals surface area contributed by atoms with E-state index in [2.05, 4.69) is 0 Å². The highest BCUT2D eigenvalue weighted by Crippen LogP contribution is 2.34.